The van der Waals surface area contributed by atoms with Gasteiger partial charge in [-0.1, -0.05) is 34.5 Å². The summed E-state index contributed by atoms with van der Waals surface area (Å²) in [6.07, 6.45) is 5.17. The van der Waals surface area contributed by atoms with Gasteiger partial charge in [0.05, 0.1) is 7.11 Å². The number of halogens is 1. The van der Waals surface area contributed by atoms with Crippen LogP contribution in [0.3, 0.4) is 0 Å². The summed E-state index contributed by atoms with van der Waals surface area (Å²) in [4.78, 5) is 11.9. The van der Waals surface area contributed by atoms with Crippen LogP contribution in [0.15, 0.2) is 40.6 Å². The number of esters is 1. The number of carbonyl (C=O) groups excluding carboxylic acids is 1. The van der Waals surface area contributed by atoms with Crippen LogP contribution < -0.4 is 0 Å². The number of aliphatic hydroxyl groups is 1. The summed E-state index contributed by atoms with van der Waals surface area (Å²) in [5.41, 5.74) is 1.07. The number of methoxy groups -OCH3 is 1. The summed E-state index contributed by atoms with van der Waals surface area (Å²) < 4.78 is 11.4. The van der Waals surface area contributed by atoms with E-state index in [9.17, 15) is 9.90 Å². The monoisotopic (exact) mass is 366 g/mol. The molecule has 0 radical (unpaired) electrons. The lowest BCUT2D eigenvalue weighted by Gasteiger charge is -2.46. The first-order chi connectivity index (χ1) is 10.5. The fraction of sp³-hybridized carbons (Fsp3) is 0.471. The van der Waals surface area contributed by atoms with Crippen molar-refractivity contribution in [1.29, 1.82) is 0 Å². The molecule has 118 valence electrons. The van der Waals surface area contributed by atoms with Crippen molar-refractivity contribution >= 4 is 21.9 Å². The maximum Gasteiger partial charge on any atom is 0.373 e. The molecule has 5 heteroatoms. The smallest absolute Gasteiger partial charge is 0.373 e. The van der Waals surface area contributed by atoms with Crippen molar-refractivity contribution in [2.45, 2.75) is 37.4 Å². The zero-order valence-corrected chi connectivity index (χ0v) is 14.0. The van der Waals surface area contributed by atoms with Gasteiger partial charge in [0, 0.05) is 22.7 Å². The number of benzene rings is 1. The van der Waals surface area contributed by atoms with Gasteiger partial charge in [-0.3, -0.25) is 0 Å². The number of allylic oxidation sites excluding steroid dienone is 1. The van der Waals surface area contributed by atoms with Crippen LogP contribution in [0.25, 0.3) is 0 Å². The molecular weight excluding hydrogens is 348 g/mol. The highest BCUT2D eigenvalue weighted by Crippen LogP contribution is 2.48. The molecule has 0 amide bonds. The van der Waals surface area contributed by atoms with Crippen LogP contribution in [-0.4, -0.2) is 24.0 Å². The Balaban J connectivity index is 2.03. The highest BCUT2D eigenvalue weighted by atomic mass is 79.9. The molecule has 0 aromatic heterocycles. The van der Waals surface area contributed by atoms with Crippen LogP contribution in [0.1, 0.15) is 37.2 Å². The second kappa shape index (κ2) is 6.05. The van der Waals surface area contributed by atoms with Gasteiger partial charge < -0.3 is 14.6 Å². The third kappa shape index (κ3) is 2.79. The molecule has 0 unspecified atom stereocenters. The van der Waals surface area contributed by atoms with E-state index in [2.05, 4.69) is 15.9 Å². The van der Waals surface area contributed by atoms with Crippen molar-refractivity contribution in [3.8, 4) is 0 Å². The van der Waals surface area contributed by atoms with Crippen molar-refractivity contribution in [2.75, 3.05) is 7.11 Å². The lowest BCUT2D eigenvalue weighted by Crippen LogP contribution is -2.48. The Hall–Kier alpha value is -1.33. The van der Waals surface area contributed by atoms with Gasteiger partial charge in [-0.15, -0.1) is 0 Å². The third-order valence-corrected chi connectivity index (χ3v) is 5.10. The number of fused-ring (bicyclic) bond motifs is 1. The molecule has 0 bridgehead atoms. The molecule has 1 N–H and O–H groups in total. The normalized spacial score (nSPS) is 30.8. The minimum absolute atomic E-state index is 0.0455. The van der Waals surface area contributed by atoms with Crippen molar-refractivity contribution in [3.05, 3.63) is 46.1 Å². The largest absolute Gasteiger partial charge is 0.463 e. The van der Waals surface area contributed by atoms with E-state index in [1.165, 1.54) is 7.11 Å². The Morgan fingerprint density at radius 2 is 2.09 bits per heavy atom. The van der Waals surface area contributed by atoms with Gasteiger partial charge >= 0.3 is 5.97 Å². The molecule has 0 saturated heterocycles. The fourth-order valence-corrected chi connectivity index (χ4v) is 3.73. The SMILES string of the molecule is COC(=O)C1=C[C@@H](c2ccc(Br)cc2)[C@@H]2CCCC[C@@]2(O)O1. The van der Waals surface area contributed by atoms with Crippen molar-refractivity contribution in [1.82, 2.24) is 0 Å². The molecule has 1 aromatic carbocycles. The van der Waals surface area contributed by atoms with E-state index in [-0.39, 0.29) is 17.6 Å². The van der Waals surface area contributed by atoms with Crippen LogP contribution in [0, 0.1) is 5.92 Å². The maximum absolute atomic E-state index is 11.9. The Kier molecular flexibility index (Phi) is 4.28. The molecule has 4 nitrogen and oxygen atoms in total. The first-order valence-corrected chi connectivity index (χ1v) is 8.30. The third-order valence-electron chi connectivity index (χ3n) is 4.57. The molecule has 0 spiro atoms. The average Bonchev–Trinajstić information content (AvgIpc) is 2.53. The topological polar surface area (TPSA) is 55.8 Å². The number of carbonyl (C=O) groups is 1. The Labute approximate surface area is 138 Å². The standard InChI is InChI=1S/C17H19BrO4/c1-21-16(19)15-10-13(11-5-7-12(18)8-6-11)14-4-2-3-9-17(14,20)22-15/h5-8,10,13-14,20H,2-4,9H2,1H3/t13-,14-,17+/m0/s1. The van der Waals surface area contributed by atoms with E-state index in [1.54, 1.807) is 6.08 Å². The zero-order valence-electron chi connectivity index (χ0n) is 12.4. The molecule has 22 heavy (non-hydrogen) atoms. The number of hydrogen-bond donors (Lipinski definition) is 1. The lowest BCUT2D eigenvalue weighted by atomic mass is 9.71. The predicted molar refractivity (Wildman–Crippen MR) is 85.0 cm³/mol. The van der Waals surface area contributed by atoms with Crippen LogP contribution in [0.4, 0.5) is 0 Å². The van der Waals surface area contributed by atoms with E-state index in [4.69, 9.17) is 9.47 Å². The Bertz CT molecular complexity index is 595. The Morgan fingerprint density at radius 3 is 2.77 bits per heavy atom. The van der Waals surface area contributed by atoms with E-state index >= 15 is 0 Å². The van der Waals surface area contributed by atoms with Crippen molar-refractivity contribution < 1.29 is 19.4 Å². The Morgan fingerprint density at radius 1 is 1.36 bits per heavy atom. The van der Waals surface area contributed by atoms with Gasteiger partial charge in [0.15, 0.2) is 0 Å². The van der Waals surface area contributed by atoms with Crippen LogP contribution >= 0.6 is 15.9 Å². The second-order valence-corrected chi connectivity index (χ2v) is 6.81. The number of hydrogen-bond acceptors (Lipinski definition) is 4. The van der Waals surface area contributed by atoms with Crippen LogP contribution in [0.2, 0.25) is 0 Å². The van der Waals surface area contributed by atoms with Gasteiger partial charge in [-0.2, -0.15) is 0 Å². The van der Waals surface area contributed by atoms with Gasteiger partial charge in [-0.05, 0) is 36.6 Å². The maximum atomic E-state index is 11.9. The molecule has 1 aliphatic carbocycles. The van der Waals surface area contributed by atoms with Gasteiger partial charge in [0.2, 0.25) is 11.5 Å². The van der Waals surface area contributed by atoms with Gasteiger partial charge in [0.25, 0.3) is 0 Å². The molecule has 2 aliphatic rings. The minimum Gasteiger partial charge on any atom is -0.463 e. The molecule has 1 heterocycles. The lowest BCUT2D eigenvalue weighted by molar-refractivity contribution is -0.243. The molecule has 1 saturated carbocycles. The summed E-state index contributed by atoms with van der Waals surface area (Å²) in [5, 5.41) is 10.9. The van der Waals surface area contributed by atoms with E-state index in [1.807, 2.05) is 24.3 Å². The fourth-order valence-electron chi connectivity index (χ4n) is 3.47. The molecule has 3 rings (SSSR count). The van der Waals surface area contributed by atoms with Crippen LogP contribution in [0.5, 0.6) is 0 Å². The summed E-state index contributed by atoms with van der Waals surface area (Å²) in [6, 6.07) is 7.97. The predicted octanol–water partition coefficient (Wildman–Crippen LogP) is 3.50. The van der Waals surface area contributed by atoms with Crippen molar-refractivity contribution in [3.63, 3.8) is 0 Å². The average molecular weight is 367 g/mol. The summed E-state index contributed by atoms with van der Waals surface area (Å²) in [5.74, 6) is -1.82. The molecule has 1 fully saturated rings. The van der Waals surface area contributed by atoms with Gasteiger partial charge in [-0.25, -0.2) is 4.79 Å². The first-order valence-electron chi connectivity index (χ1n) is 7.50. The van der Waals surface area contributed by atoms with Crippen LogP contribution in [-0.2, 0) is 14.3 Å². The summed E-state index contributed by atoms with van der Waals surface area (Å²) >= 11 is 3.43. The number of ether oxygens (including phenoxy) is 2. The second-order valence-electron chi connectivity index (χ2n) is 5.90. The van der Waals surface area contributed by atoms with Crippen molar-refractivity contribution in [2.24, 2.45) is 5.92 Å². The van der Waals surface area contributed by atoms with E-state index in [0.717, 1.165) is 29.3 Å². The zero-order chi connectivity index (χ0) is 15.7. The molecular formula is C17H19BrO4. The van der Waals surface area contributed by atoms with E-state index in [0.29, 0.717) is 6.42 Å². The highest BCUT2D eigenvalue weighted by Gasteiger charge is 2.49. The van der Waals surface area contributed by atoms with E-state index < -0.39 is 11.8 Å². The molecule has 1 aliphatic heterocycles. The highest BCUT2D eigenvalue weighted by molar-refractivity contribution is 9.10. The summed E-state index contributed by atoms with van der Waals surface area (Å²) in [7, 11) is 1.32. The first kappa shape index (κ1) is 15.6. The van der Waals surface area contributed by atoms with Gasteiger partial charge in [0.1, 0.15) is 0 Å². The number of rotatable bonds is 2. The molecule has 3 atom stereocenters. The molecule has 1 aromatic rings. The summed E-state index contributed by atoms with van der Waals surface area (Å²) in [6.45, 7) is 0. The minimum atomic E-state index is -1.28. The quantitative estimate of drug-likeness (QED) is 0.813.